The van der Waals surface area contributed by atoms with Gasteiger partial charge < -0.3 is 30.1 Å². The quantitative estimate of drug-likeness (QED) is 0.260. The maximum Gasteiger partial charge on any atom is 0.408 e. The van der Waals surface area contributed by atoms with Crippen molar-refractivity contribution in [3.05, 3.63) is 42.0 Å². The molecule has 3 atom stereocenters. The van der Waals surface area contributed by atoms with E-state index in [9.17, 15) is 24.3 Å². The minimum atomic E-state index is -1.27. The maximum absolute atomic E-state index is 14.0. The average molecular weight is 534 g/mol. The predicted octanol–water partition coefficient (Wildman–Crippen LogP) is 3.77. The molecule has 0 bridgehead atoms. The molecule has 1 aromatic rings. The van der Waals surface area contributed by atoms with Crippen molar-refractivity contribution in [2.45, 2.75) is 79.0 Å². The van der Waals surface area contributed by atoms with E-state index in [4.69, 9.17) is 9.47 Å². The first kappa shape index (κ1) is 32.5. The molecular formula is C28H43N3O7. The normalized spacial score (nSPS) is 13.4. The summed E-state index contributed by atoms with van der Waals surface area (Å²) in [6.45, 7) is 16.1. The van der Waals surface area contributed by atoms with Gasteiger partial charge in [-0.3, -0.25) is 14.4 Å². The highest BCUT2D eigenvalue weighted by Gasteiger charge is 2.38. The van der Waals surface area contributed by atoms with E-state index in [-0.39, 0.29) is 43.3 Å². The molecule has 1 aromatic carbocycles. The van der Waals surface area contributed by atoms with Gasteiger partial charge >= 0.3 is 12.1 Å². The first-order valence-electron chi connectivity index (χ1n) is 12.9. The van der Waals surface area contributed by atoms with Crippen molar-refractivity contribution >= 4 is 23.9 Å². The van der Waals surface area contributed by atoms with Gasteiger partial charge in [-0.05, 0) is 46.1 Å². The van der Waals surface area contributed by atoms with Crippen LogP contribution in [0.1, 0.15) is 71.6 Å². The fourth-order valence-corrected chi connectivity index (χ4v) is 3.73. The van der Waals surface area contributed by atoms with Crippen LogP contribution in [0.2, 0.25) is 0 Å². The van der Waals surface area contributed by atoms with Crippen molar-refractivity contribution in [1.82, 2.24) is 15.5 Å². The highest BCUT2D eigenvalue weighted by Crippen LogP contribution is 2.32. The Morgan fingerprint density at radius 1 is 1.18 bits per heavy atom. The molecule has 0 spiro atoms. The van der Waals surface area contributed by atoms with Crippen molar-refractivity contribution < 1.29 is 33.8 Å². The second-order valence-electron chi connectivity index (χ2n) is 10.1. The number of aromatic hydroxyl groups is 1. The fourth-order valence-electron chi connectivity index (χ4n) is 3.73. The molecule has 0 aliphatic rings. The van der Waals surface area contributed by atoms with Gasteiger partial charge in [-0.15, -0.1) is 6.58 Å². The summed E-state index contributed by atoms with van der Waals surface area (Å²) < 4.78 is 10.3. The number of rotatable bonds is 13. The van der Waals surface area contributed by atoms with Gasteiger partial charge in [0.05, 0.1) is 13.0 Å². The molecule has 38 heavy (non-hydrogen) atoms. The van der Waals surface area contributed by atoms with Gasteiger partial charge in [0.1, 0.15) is 23.4 Å². The largest absolute Gasteiger partial charge is 0.507 e. The fraction of sp³-hybridized carbons (Fsp3) is 0.571. The van der Waals surface area contributed by atoms with Crippen LogP contribution in [0.3, 0.4) is 0 Å². The molecule has 0 heterocycles. The zero-order chi connectivity index (χ0) is 29.0. The number of phenolic OH excluding ortho intramolecular Hbond substituents is 1. The molecular weight excluding hydrogens is 490 g/mol. The van der Waals surface area contributed by atoms with E-state index in [0.29, 0.717) is 12.0 Å². The first-order chi connectivity index (χ1) is 17.8. The molecule has 212 valence electrons. The van der Waals surface area contributed by atoms with Crippen LogP contribution in [-0.4, -0.2) is 65.2 Å². The van der Waals surface area contributed by atoms with Gasteiger partial charge in [-0.2, -0.15) is 0 Å². The molecule has 0 radical (unpaired) electrons. The van der Waals surface area contributed by atoms with Crippen LogP contribution < -0.4 is 10.6 Å². The molecule has 3 amide bonds. The second-order valence-corrected chi connectivity index (χ2v) is 10.1. The Balaban J connectivity index is 3.47. The highest BCUT2D eigenvalue weighted by molar-refractivity contribution is 5.93. The third-order valence-electron chi connectivity index (χ3n) is 5.82. The number of amides is 3. The Labute approximate surface area is 225 Å². The summed E-state index contributed by atoms with van der Waals surface area (Å²) in [5, 5.41) is 16.2. The maximum atomic E-state index is 14.0. The lowest BCUT2D eigenvalue weighted by Gasteiger charge is -2.35. The van der Waals surface area contributed by atoms with Crippen LogP contribution in [0.5, 0.6) is 5.75 Å². The van der Waals surface area contributed by atoms with E-state index in [1.165, 1.54) is 11.0 Å². The van der Waals surface area contributed by atoms with E-state index in [2.05, 4.69) is 17.2 Å². The Morgan fingerprint density at radius 3 is 2.39 bits per heavy atom. The smallest absolute Gasteiger partial charge is 0.408 e. The summed E-state index contributed by atoms with van der Waals surface area (Å²) in [5.74, 6) is -2.07. The minimum Gasteiger partial charge on any atom is -0.507 e. The number of esters is 1. The number of carbonyl (C=O) groups is 4. The van der Waals surface area contributed by atoms with Crippen LogP contribution >= 0.6 is 0 Å². The molecule has 3 unspecified atom stereocenters. The number of carbonyl (C=O) groups excluding carboxylic acids is 4. The van der Waals surface area contributed by atoms with E-state index < -0.39 is 41.6 Å². The third-order valence-corrected chi connectivity index (χ3v) is 5.82. The number of hydrogen-bond donors (Lipinski definition) is 3. The van der Waals surface area contributed by atoms with Crippen molar-refractivity contribution in [2.24, 2.45) is 5.92 Å². The number of hydrogen-bond acceptors (Lipinski definition) is 7. The van der Waals surface area contributed by atoms with Gasteiger partial charge in [-0.1, -0.05) is 44.5 Å². The number of nitrogens with zero attached hydrogens (tertiary/aromatic N) is 1. The molecule has 0 saturated heterocycles. The standard InChI is InChI=1S/C28H43N3O7/c1-9-17-31(26(35)22(18(4)10-2)30-27(36)38-28(6,7)8)23(20-14-12-13-19(5)24(20)33)25(34)29-16-15-21(32)37-11-3/h9,12-14,18,22-23,33H,1,10-11,15-17H2,2-8H3,(H,29,34)(H,30,36). The molecule has 0 aromatic heterocycles. The summed E-state index contributed by atoms with van der Waals surface area (Å²) >= 11 is 0. The molecule has 0 saturated carbocycles. The number of phenols is 1. The minimum absolute atomic E-state index is 0.0260. The van der Waals surface area contributed by atoms with E-state index in [1.54, 1.807) is 52.8 Å². The number of nitrogens with one attached hydrogen (secondary N) is 2. The predicted molar refractivity (Wildman–Crippen MR) is 144 cm³/mol. The van der Waals surface area contributed by atoms with Crippen LogP contribution in [-0.2, 0) is 23.9 Å². The van der Waals surface area contributed by atoms with Gasteiger partial charge in [0.2, 0.25) is 11.8 Å². The van der Waals surface area contributed by atoms with E-state index in [1.807, 2.05) is 13.8 Å². The second kappa shape index (κ2) is 15.0. The average Bonchev–Trinajstić information content (AvgIpc) is 2.83. The molecule has 0 aliphatic carbocycles. The number of alkyl carbamates (subject to hydrolysis) is 1. The first-order valence-corrected chi connectivity index (χ1v) is 12.9. The lowest BCUT2D eigenvalue weighted by atomic mass is 9.95. The summed E-state index contributed by atoms with van der Waals surface area (Å²) in [6.07, 6.45) is 1.20. The van der Waals surface area contributed by atoms with Crippen molar-refractivity contribution in [1.29, 1.82) is 0 Å². The molecule has 0 aliphatic heterocycles. The van der Waals surface area contributed by atoms with Gasteiger partial charge in [-0.25, -0.2) is 4.79 Å². The summed E-state index contributed by atoms with van der Waals surface area (Å²) in [5.41, 5.74) is -0.0555. The Kier molecular flexibility index (Phi) is 12.8. The van der Waals surface area contributed by atoms with Crippen LogP contribution in [0.4, 0.5) is 4.79 Å². The number of para-hydroxylation sites is 1. The van der Waals surface area contributed by atoms with Gasteiger partial charge in [0, 0.05) is 18.7 Å². The summed E-state index contributed by atoms with van der Waals surface area (Å²) in [6, 6.07) is 2.62. The zero-order valence-electron chi connectivity index (χ0n) is 23.6. The number of ether oxygens (including phenoxy) is 2. The monoisotopic (exact) mass is 533 g/mol. The molecule has 0 fully saturated rings. The van der Waals surface area contributed by atoms with Gasteiger partial charge in [0.15, 0.2) is 0 Å². The third kappa shape index (κ3) is 9.72. The summed E-state index contributed by atoms with van der Waals surface area (Å²) in [4.78, 5) is 53.2. The SMILES string of the molecule is C=CCN(C(=O)C(NC(=O)OC(C)(C)C)C(C)CC)C(C(=O)NCCC(=O)OCC)c1cccc(C)c1O. The zero-order valence-corrected chi connectivity index (χ0v) is 23.6. The Hall–Kier alpha value is -3.56. The molecule has 10 nitrogen and oxygen atoms in total. The van der Waals surface area contributed by atoms with Crippen LogP contribution in [0.25, 0.3) is 0 Å². The Bertz CT molecular complexity index is 987. The lowest BCUT2D eigenvalue weighted by molar-refractivity contribution is -0.144. The molecule has 1 rings (SSSR count). The molecule has 10 heteroatoms. The van der Waals surface area contributed by atoms with Crippen LogP contribution in [0.15, 0.2) is 30.9 Å². The number of aryl methyl sites for hydroxylation is 1. The van der Waals surface area contributed by atoms with Crippen molar-refractivity contribution in [3.63, 3.8) is 0 Å². The molecule has 3 N–H and O–H groups in total. The topological polar surface area (TPSA) is 134 Å². The Morgan fingerprint density at radius 2 is 1.84 bits per heavy atom. The van der Waals surface area contributed by atoms with E-state index in [0.717, 1.165) is 0 Å². The van der Waals surface area contributed by atoms with Crippen molar-refractivity contribution in [2.75, 3.05) is 19.7 Å². The lowest BCUT2D eigenvalue weighted by Crippen LogP contribution is -2.55. The highest BCUT2D eigenvalue weighted by atomic mass is 16.6. The number of benzene rings is 1. The van der Waals surface area contributed by atoms with E-state index >= 15 is 0 Å². The van der Waals surface area contributed by atoms with Crippen molar-refractivity contribution in [3.8, 4) is 5.75 Å². The summed E-state index contributed by atoms with van der Waals surface area (Å²) in [7, 11) is 0. The van der Waals surface area contributed by atoms with Gasteiger partial charge in [0.25, 0.3) is 0 Å². The van der Waals surface area contributed by atoms with Crippen LogP contribution in [0, 0.1) is 12.8 Å².